The van der Waals surface area contributed by atoms with Crippen LogP contribution in [-0.4, -0.2) is 31.4 Å². The van der Waals surface area contributed by atoms with Gasteiger partial charge in [0.15, 0.2) is 0 Å². The van der Waals surface area contributed by atoms with Gasteiger partial charge in [-0.3, -0.25) is 9.59 Å². The van der Waals surface area contributed by atoms with Crippen molar-refractivity contribution in [1.82, 2.24) is 10.6 Å². The Labute approximate surface area is 119 Å². The van der Waals surface area contributed by atoms with Crippen molar-refractivity contribution in [1.29, 1.82) is 0 Å². The first-order valence-electron chi connectivity index (χ1n) is 6.27. The minimum atomic E-state index is -4.45. The molecule has 5 nitrogen and oxygen atoms in total. The number of hydrogen-bond acceptors (Lipinski definition) is 3. The van der Waals surface area contributed by atoms with E-state index in [2.05, 4.69) is 10.6 Å². The molecule has 0 unspecified atom stereocenters. The minimum Gasteiger partial charge on any atom is -0.355 e. The molecule has 0 aliphatic rings. The summed E-state index contributed by atoms with van der Waals surface area (Å²) < 4.78 is 37.1. The highest BCUT2D eigenvalue weighted by Crippen LogP contribution is 2.28. The molecule has 0 aliphatic carbocycles. The van der Waals surface area contributed by atoms with E-state index in [4.69, 9.17) is 5.73 Å². The van der Waals surface area contributed by atoms with Crippen molar-refractivity contribution in [2.24, 2.45) is 5.73 Å². The standard InChI is InChI=1S/C13H16F3N3O2/c14-13(15,16)10-4-2-9(3-5-10)12(21)19-8-11(20)18-7-1-6-17/h2-5H,1,6-8,17H2,(H,18,20)(H,19,21). The van der Waals surface area contributed by atoms with Crippen LogP contribution in [0, 0.1) is 0 Å². The third-order valence-corrected chi connectivity index (χ3v) is 2.59. The minimum absolute atomic E-state index is 0.0535. The monoisotopic (exact) mass is 303 g/mol. The van der Waals surface area contributed by atoms with Crippen LogP contribution < -0.4 is 16.4 Å². The Morgan fingerprint density at radius 1 is 1.10 bits per heavy atom. The van der Waals surface area contributed by atoms with Gasteiger partial charge >= 0.3 is 6.18 Å². The molecule has 0 atom stereocenters. The number of carbonyl (C=O) groups is 2. The second-order valence-electron chi connectivity index (χ2n) is 4.25. The lowest BCUT2D eigenvalue weighted by atomic mass is 10.1. The molecule has 0 spiro atoms. The van der Waals surface area contributed by atoms with Crippen molar-refractivity contribution in [2.75, 3.05) is 19.6 Å². The molecule has 1 rings (SSSR count). The number of rotatable bonds is 6. The van der Waals surface area contributed by atoms with Crippen LogP contribution in [-0.2, 0) is 11.0 Å². The summed E-state index contributed by atoms with van der Waals surface area (Å²) in [5.41, 5.74) is 4.47. The van der Waals surface area contributed by atoms with E-state index in [-0.39, 0.29) is 18.0 Å². The highest BCUT2D eigenvalue weighted by atomic mass is 19.4. The first-order chi connectivity index (χ1) is 9.84. The molecule has 0 radical (unpaired) electrons. The van der Waals surface area contributed by atoms with Crippen LogP contribution in [0.1, 0.15) is 22.3 Å². The predicted molar refractivity (Wildman–Crippen MR) is 70.5 cm³/mol. The number of amides is 2. The molecule has 2 amide bonds. The fourth-order valence-electron chi connectivity index (χ4n) is 1.47. The molecule has 0 fully saturated rings. The molecule has 0 saturated heterocycles. The zero-order valence-electron chi connectivity index (χ0n) is 11.2. The lowest BCUT2D eigenvalue weighted by Crippen LogP contribution is -2.37. The quantitative estimate of drug-likeness (QED) is 0.683. The Balaban J connectivity index is 2.47. The molecule has 0 bridgehead atoms. The molecule has 0 aliphatic heterocycles. The molecule has 21 heavy (non-hydrogen) atoms. The van der Waals surface area contributed by atoms with E-state index in [1.807, 2.05) is 0 Å². The molecule has 1 aromatic rings. The second kappa shape index (κ2) is 7.63. The number of alkyl halides is 3. The number of hydrogen-bond donors (Lipinski definition) is 3. The van der Waals surface area contributed by atoms with Crippen LogP contribution in [0.3, 0.4) is 0 Å². The van der Waals surface area contributed by atoms with Crippen molar-refractivity contribution in [2.45, 2.75) is 12.6 Å². The van der Waals surface area contributed by atoms with Gasteiger partial charge in [0, 0.05) is 12.1 Å². The summed E-state index contributed by atoms with van der Waals surface area (Å²) in [6, 6.07) is 3.75. The van der Waals surface area contributed by atoms with Gasteiger partial charge in [0.05, 0.1) is 12.1 Å². The van der Waals surface area contributed by atoms with Crippen LogP contribution in [0.15, 0.2) is 24.3 Å². The maximum atomic E-state index is 12.4. The normalized spacial score (nSPS) is 11.0. The largest absolute Gasteiger partial charge is 0.416 e. The van der Waals surface area contributed by atoms with E-state index in [0.717, 1.165) is 24.3 Å². The molecular formula is C13H16F3N3O2. The topological polar surface area (TPSA) is 84.2 Å². The third kappa shape index (κ3) is 5.82. The summed E-state index contributed by atoms with van der Waals surface area (Å²) >= 11 is 0. The Bertz CT molecular complexity index is 486. The first kappa shape index (κ1) is 17.0. The molecule has 8 heteroatoms. The van der Waals surface area contributed by atoms with E-state index >= 15 is 0 Å². The Hall–Kier alpha value is -2.09. The van der Waals surface area contributed by atoms with Gasteiger partial charge in [-0.25, -0.2) is 0 Å². The van der Waals surface area contributed by atoms with Crippen LogP contribution >= 0.6 is 0 Å². The van der Waals surface area contributed by atoms with Gasteiger partial charge in [0.2, 0.25) is 5.91 Å². The van der Waals surface area contributed by atoms with E-state index < -0.39 is 17.6 Å². The van der Waals surface area contributed by atoms with Crippen molar-refractivity contribution in [3.8, 4) is 0 Å². The Morgan fingerprint density at radius 3 is 2.24 bits per heavy atom. The van der Waals surface area contributed by atoms with E-state index in [1.165, 1.54) is 0 Å². The van der Waals surface area contributed by atoms with Gasteiger partial charge in [-0.1, -0.05) is 0 Å². The van der Waals surface area contributed by atoms with Crippen LogP contribution in [0.4, 0.5) is 13.2 Å². The summed E-state index contributed by atoms with van der Waals surface area (Å²) in [4.78, 5) is 23.0. The number of halogens is 3. The smallest absolute Gasteiger partial charge is 0.355 e. The molecule has 116 valence electrons. The van der Waals surface area contributed by atoms with E-state index in [9.17, 15) is 22.8 Å². The highest BCUT2D eigenvalue weighted by molar-refractivity contribution is 5.96. The molecule has 0 heterocycles. The van der Waals surface area contributed by atoms with Gasteiger partial charge in [-0.15, -0.1) is 0 Å². The van der Waals surface area contributed by atoms with Crippen LogP contribution in [0.2, 0.25) is 0 Å². The summed E-state index contributed by atoms with van der Waals surface area (Å²) in [6.07, 6.45) is -3.82. The van der Waals surface area contributed by atoms with Gasteiger partial charge in [0.1, 0.15) is 0 Å². The van der Waals surface area contributed by atoms with Gasteiger partial charge in [0.25, 0.3) is 5.91 Å². The molecule has 4 N–H and O–H groups in total. The fraction of sp³-hybridized carbons (Fsp3) is 0.385. The molecule has 1 aromatic carbocycles. The van der Waals surface area contributed by atoms with Crippen molar-refractivity contribution < 1.29 is 22.8 Å². The molecule has 0 aromatic heterocycles. The first-order valence-corrected chi connectivity index (χ1v) is 6.27. The lowest BCUT2D eigenvalue weighted by molar-refractivity contribution is -0.137. The maximum Gasteiger partial charge on any atom is 0.416 e. The average molecular weight is 303 g/mol. The molecule has 0 saturated carbocycles. The Morgan fingerprint density at radius 2 is 1.71 bits per heavy atom. The zero-order valence-corrected chi connectivity index (χ0v) is 11.2. The SMILES string of the molecule is NCCCNC(=O)CNC(=O)c1ccc(C(F)(F)F)cc1. The predicted octanol–water partition coefficient (Wildman–Crippen LogP) is 0.900. The van der Waals surface area contributed by atoms with E-state index in [1.54, 1.807) is 0 Å². The molecular weight excluding hydrogens is 287 g/mol. The van der Waals surface area contributed by atoms with Crippen molar-refractivity contribution in [3.63, 3.8) is 0 Å². The number of nitrogens with two attached hydrogens (primary N) is 1. The van der Waals surface area contributed by atoms with Gasteiger partial charge in [-0.05, 0) is 37.2 Å². The highest BCUT2D eigenvalue weighted by Gasteiger charge is 2.30. The lowest BCUT2D eigenvalue weighted by Gasteiger charge is -2.08. The fourth-order valence-corrected chi connectivity index (χ4v) is 1.47. The third-order valence-electron chi connectivity index (χ3n) is 2.59. The number of nitrogens with one attached hydrogen (secondary N) is 2. The Kier molecular flexibility index (Phi) is 6.16. The van der Waals surface area contributed by atoms with Crippen molar-refractivity contribution in [3.05, 3.63) is 35.4 Å². The van der Waals surface area contributed by atoms with E-state index in [0.29, 0.717) is 19.5 Å². The number of carbonyl (C=O) groups excluding carboxylic acids is 2. The van der Waals surface area contributed by atoms with Crippen LogP contribution in [0.25, 0.3) is 0 Å². The summed E-state index contributed by atoms with van der Waals surface area (Å²) in [5.74, 6) is -0.999. The van der Waals surface area contributed by atoms with Gasteiger partial charge < -0.3 is 16.4 Å². The second-order valence-corrected chi connectivity index (χ2v) is 4.25. The maximum absolute atomic E-state index is 12.4. The number of benzene rings is 1. The zero-order chi connectivity index (χ0) is 15.9. The van der Waals surface area contributed by atoms with Gasteiger partial charge in [-0.2, -0.15) is 13.2 Å². The summed E-state index contributed by atoms with van der Waals surface area (Å²) in [6.45, 7) is 0.605. The van der Waals surface area contributed by atoms with Crippen molar-refractivity contribution >= 4 is 11.8 Å². The van der Waals surface area contributed by atoms with Crippen LogP contribution in [0.5, 0.6) is 0 Å². The average Bonchev–Trinajstić information content (AvgIpc) is 2.44. The summed E-state index contributed by atoms with van der Waals surface area (Å²) in [7, 11) is 0. The summed E-state index contributed by atoms with van der Waals surface area (Å²) in [5, 5.41) is 4.86.